The van der Waals surface area contributed by atoms with Crippen molar-refractivity contribution in [2.24, 2.45) is 0 Å². The van der Waals surface area contributed by atoms with Crippen LogP contribution in [0.1, 0.15) is 11.4 Å². The van der Waals surface area contributed by atoms with Gasteiger partial charge in [-0.2, -0.15) is 0 Å². The van der Waals surface area contributed by atoms with Gasteiger partial charge in [-0.05, 0) is 12.5 Å². The number of ether oxygens (including phenoxy) is 1. The molecule has 1 saturated heterocycles. The fourth-order valence-corrected chi connectivity index (χ4v) is 3.10. The number of hydrogen-bond donors (Lipinski definition) is 1. The number of imidazole rings is 1. The lowest BCUT2D eigenvalue weighted by Crippen LogP contribution is -2.57. The molecule has 1 aromatic heterocycles. The van der Waals surface area contributed by atoms with Crippen LogP contribution in [0, 0.1) is 6.92 Å². The van der Waals surface area contributed by atoms with E-state index in [-0.39, 0.29) is 19.1 Å². The molecule has 0 spiro atoms. The van der Waals surface area contributed by atoms with E-state index in [4.69, 9.17) is 4.74 Å². The van der Waals surface area contributed by atoms with Gasteiger partial charge in [0.25, 0.3) is 0 Å². The van der Waals surface area contributed by atoms with Crippen molar-refractivity contribution in [3.63, 3.8) is 0 Å². The van der Waals surface area contributed by atoms with Gasteiger partial charge in [0.15, 0.2) is 0 Å². The van der Waals surface area contributed by atoms with Gasteiger partial charge in [0.2, 0.25) is 5.91 Å². The van der Waals surface area contributed by atoms with E-state index in [0.717, 1.165) is 11.4 Å². The first kappa shape index (κ1) is 16.7. The molecule has 1 unspecified atom stereocenters. The first-order valence-electron chi connectivity index (χ1n) is 8.16. The van der Waals surface area contributed by atoms with Crippen molar-refractivity contribution in [2.75, 3.05) is 26.3 Å². The third-order valence-corrected chi connectivity index (χ3v) is 4.49. The van der Waals surface area contributed by atoms with E-state index >= 15 is 0 Å². The third-order valence-electron chi connectivity index (χ3n) is 4.49. The Morgan fingerprint density at radius 1 is 1.38 bits per heavy atom. The first-order chi connectivity index (χ1) is 11.6. The van der Waals surface area contributed by atoms with Crippen molar-refractivity contribution in [3.05, 3.63) is 54.1 Å². The highest BCUT2D eigenvalue weighted by Crippen LogP contribution is 2.23. The Bertz CT molecular complexity index is 686. The van der Waals surface area contributed by atoms with E-state index in [2.05, 4.69) is 4.98 Å². The molecule has 1 fully saturated rings. The summed E-state index contributed by atoms with van der Waals surface area (Å²) in [4.78, 5) is 18.5. The van der Waals surface area contributed by atoms with Gasteiger partial charge in [-0.3, -0.25) is 4.79 Å². The summed E-state index contributed by atoms with van der Waals surface area (Å²) < 4.78 is 7.72. The van der Waals surface area contributed by atoms with Crippen molar-refractivity contribution in [1.82, 2.24) is 14.5 Å². The fourth-order valence-electron chi connectivity index (χ4n) is 3.10. The van der Waals surface area contributed by atoms with Crippen LogP contribution in [0.4, 0.5) is 0 Å². The number of nitrogens with zero attached hydrogens (tertiary/aromatic N) is 3. The highest BCUT2D eigenvalue weighted by molar-refractivity contribution is 5.76. The van der Waals surface area contributed by atoms with E-state index in [1.54, 1.807) is 17.3 Å². The molecule has 1 amide bonds. The second-order valence-electron chi connectivity index (χ2n) is 6.27. The maximum atomic E-state index is 12.6. The van der Waals surface area contributed by atoms with Gasteiger partial charge in [-0.1, -0.05) is 30.3 Å². The summed E-state index contributed by atoms with van der Waals surface area (Å²) in [6.45, 7) is 3.39. The number of morpholine rings is 1. The van der Waals surface area contributed by atoms with Gasteiger partial charge in [0, 0.05) is 25.4 Å². The largest absolute Gasteiger partial charge is 0.393 e. The fraction of sp³-hybridized carbons (Fsp3) is 0.444. The van der Waals surface area contributed by atoms with E-state index in [1.807, 2.05) is 41.8 Å². The van der Waals surface area contributed by atoms with Crippen LogP contribution >= 0.6 is 0 Å². The SMILES string of the molecule is Cc1nccn1CC(=O)N1CCOC(CO)(Cc2ccccc2)C1. The first-order valence-corrected chi connectivity index (χ1v) is 8.16. The maximum Gasteiger partial charge on any atom is 0.242 e. The minimum Gasteiger partial charge on any atom is -0.393 e. The normalized spacial score (nSPS) is 21.0. The lowest BCUT2D eigenvalue weighted by molar-refractivity contribution is -0.158. The summed E-state index contributed by atoms with van der Waals surface area (Å²) >= 11 is 0. The summed E-state index contributed by atoms with van der Waals surface area (Å²) in [7, 11) is 0. The smallest absolute Gasteiger partial charge is 0.242 e. The number of amides is 1. The summed E-state index contributed by atoms with van der Waals surface area (Å²) in [6, 6.07) is 9.91. The molecule has 0 bridgehead atoms. The Balaban J connectivity index is 1.70. The van der Waals surface area contributed by atoms with Gasteiger partial charge in [-0.25, -0.2) is 4.98 Å². The summed E-state index contributed by atoms with van der Waals surface area (Å²) in [5.41, 5.74) is 0.352. The van der Waals surface area contributed by atoms with E-state index in [1.165, 1.54) is 0 Å². The quantitative estimate of drug-likeness (QED) is 0.889. The Kier molecular flexibility index (Phi) is 4.97. The van der Waals surface area contributed by atoms with Gasteiger partial charge >= 0.3 is 0 Å². The molecule has 1 aromatic carbocycles. The zero-order valence-corrected chi connectivity index (χ0v) is 13.9. The van der Waals surface area contributed by atoms with Crippen LogP contribution in [0.3, 0.4) is 0 Å². The van der Waals surface area contributed by atoms with E-state index in [9.17, 15) is 9.90 Å². The average molecular weight is 329 g/mol. The minimum atomic E-state index is -0.737. The van der Waals surface area contributed by atoms with E-state index < -0.39 is 5.60 Å². The van der Waals surface area contributed by atoms with Crippen LogP contribution in [0.5, 0.6) is 0 Å². The standard InChI is InChI=1S/C18H23N3O3/c1-15-19-7-8-20(15)12-17(23)21-9-10-24-18(13-21,14-22)11-16-5-3-2-4-6-16/h2-8,22H,9-14H2,1H3. The van der Waals surface area contributed by atoms with Gasteiger partial charge < -0.3 is 19.3 Å². The molecule has 1 aliphatic rings. The Labute approximate surface area is 141 Å². The Morgan fingerprint density at radius 2 is 2.17 bits per heavy atom. The predicted octanol–water partition coefficient (Wildman–Crippen LogP) is 1.02. The Hall–Kier alpha value is -2.18. The molecule has 0 radical (unpaired) electrons. The highest BCUT2D eigenvalue weighted by atomic mass is 16.5. The van der Waals surface area contributed by atoms with Gasteiger partial charge in [0.05, 0.1) is 19.8 Å². The number of carbonyl (C=O) groups is 1. The second-order valence-corrected chi connectivity index (χ2v) is 6.27. The van der Waals surface area contributed by atoms with E-state index in [0.29, 0.717) is 26.1 Å². The zero-order valence-electron chi connectivity index (χ0n) is 13.9. The molecule has 6 heteroatoms. The number of carbonyl (C=O) groups excluding carboxylic acids is 1. The maximum absolute atomic E-state index is 12.6. The highest BCUT2D eigenvalue weighted by Gasteiger charge is 2.38. The van der Waals surface area contributed by atoms with Crippen molar-refractivity contribution in [3.8, 4) is 0 Å². The molecule has 6 nitrogen and oxygen atoms in total. The topological polar surface area (TPSA) is 67.6 Å². The molecular formula is C18H23N3O3. The second kappa shape index (κ2) is 7.15. The summed E-state index contributed by atoms with van der Waals surface area (Å²) in [5, 5.41) is 9.93. The third kappa shape index (κ3) is 3.66. The molecule has 1 aliphatic heterocycles. The molecule has 24 heavy (non-hydrogen) atoms. The molecule has 0 saturated carbocycles. The molecule has 1 atom stereocenters. The zero-order chi connectivity index (χ0) is 17.0. The number of benzene rings is 1. The number of hydrogen-bond acceptors (Lipinski definition) is 4. The average Bonchev–Trinajstić information content (AvgIpc) is 3.01. The van der Waals surface area contributed by atoms with Crippen LogP contribution < -0.4 is 0 Å². The van der Waals surface area contributed by atoms with Crippen LogP contribution in [0.25, 0.3) is 0 Å². The monoisotopic (exact) mass is 329 g/mol. The van der Waals surface area contributed by atoms with Crippen molar-refractivity contribution in [1.29, 1.82) is 0 Å². The summed E-state index contributed by atoms with van der Waals surface area (Å²) in [5.74, 6) is 0.833. The molecule has 3 rings (SSSR count). The molecule has 1 N–H and O–H groups in total. The number of aliphatic hydroxyl groups excluding tert-OH is 1. The van der Waals surface area contributed by atoms with Gasteiger partial charge in [-0.15, -0.1) is 0 Å². The molecule has 2 aromatic rings. The number of rotatable bonds is 5. The number of aromatic nitrogens is 2. The van der Waals surface area contributed by atoms with Crippen LogP contribution in [-0.4, -0.2) is 57.4 Å². The van der Waals surface area contributed by atoms with Crippen molar-refractivity contribution < 1.29 is 14.6 Å². The molecule has 2 heterocycles. The summed E-state index contributed by atoms with van der Waals surface area (Å²) in [6.07, 6.45) is 4.07. The van der Waals surface area contributed by atoms with Crippen LogP contribution in [0.2, 0.25) is 0 Å². The lowest BCUT2D eigenvalue weighted by atomic mass is 9.93. The molecule has 0 aliphatic carbocycles. The number of aryl methyl sites for hydroxylation is 1. The van der Waals surface area contributed by atoms with Crippen molar-refractivity contribution >= 4 is 5.91 Å². The number of aliphatic hydroxyl groups is 1. The predicted molar refractivity (Wildman–Crippen MR) is 89.5 cm³/mol. The molecular weight excluding hydrogens is 306 g/mol. The van der Waals surface area contributed by atoms with Crippen LogP contribution in [-0.2, 0) is 22.5 Å². The minimum absolute atomic E-state index is 0.0188. The van der Waals surface area contributed by atoms with Gasteiger partial charge in [0.1, 0.15) is 18.0 Å². The molecule has 128 valence electrons. The van der Waals surface area contributed by atoms with Crippen LogP contribution in [0.15, 0.2) is 42.7 Å². The Morgan fingerprint density at radius 3 is 2.83 bits per heavy atom. The lowest BCUT2D eigenvalue weighted by Gasteiger charge is -2.42. The van der Waals surface area contributed by atoms with Crippen molar-refractivity contribution in [2.45, 2.75) is 25.5 Å².